The molecule has 23 heavy (non-hydrogen) atoms. The minimum atomic E-state index is -0.451. The first-order valence-electron chi connectivity index (χ1n) is 8.21. The number of rotatable bonds is 6. The number of benzene rings is 1. The van der Waals surface area contributed by atoms with E-state index in [1.54, 1.807) is 0 Å². The Labute approximate surface area is 137 Å². The lowest BCUT2D eigenvalue weighted by Crippen LogP contribution is -2.49. The minimum absolute atomic E-state index is 0.0944. The van der Waals surface area contributed by atoms with Gasteiger partial charge in [0.05, 0.1) is 6.04 Å². The van der Waals surface area contributed by atoms with E-state index in [1.807, 2.05) is 36.4 Å². The van der Waals surface area contributed by atoms with Crippen LogP contribution in [0.2, 0.25) is 0 Å². The Bertz CT molecular complexity index is 530. The van der Waals surface area contributed by atoms with Gasteiger partial charge >= 0.3 is 6.03 Å². The fourth-order valence-corrected chi connectivity index (χ4v) is 2.73. The molecule has 5 heteroatoms. The topological polar surface area (TPSA) is 70.2 Å². The summed E-state index contributed by atoms with van der Waals surface area (Å²) in [6.45, 7) is 4.42. The van der Waals surface area contributed by atoms with Crippen molar-refractivity contribution in [2.45, 2.75) is 44.2 Å². The van der Waals surface area contributed by atoms with Crippen molar-refractivity contribution in [2.75, 3.05) is 6.54 Å². The summed E-state index contributed by atoms with van der Waals surface area (Å²) in [6.07, 6.45) is 6.00. The van der Waals surface area contributed by atoms with E-state index >= 15 is 0 Å². The number of urea groups is 1. The van der Waals surface area contributed by atoms with E-state index in [9.17, 15) is 9.59 Å². The highest BCUT2D eigenvalue weighted by atomic mass is 16.2. The van der Waals surface area contributed by atoms with Crippen LogP contribution in [0.3, 0.4) is 0 Å². The van der Waals surface area contributed by atoms with Gasteiger partial charge in [0.1, 0.15) is 6.04 Å². The first-order chi connectivity index (χ1) is 11.2. The van der Waals surface area contributed by atoms with Gasteiger partial charge in [-0.05, 0) is 37.7 Å². The zero-order chi connectivity index (χ0) is 16.5. The maximum absolute atomic E-state index is 12.3. The predicted octanol–water partition coefficient (Wildman–Crippen LogP) is 2.66. The standard InChI is InChI=1S/C18H25N3O2/c1-2-3-11-15(14-9-5-4-6-10-14)20-18(23)21-16-12-7-8-13-19-17(16)22/h2,4-6,9-10,15-16H,1,3,7-8,11-13H2,(H,19,22)(H2,20,21,23)/t15-,16+/m1/s1. The zero-order valence-corrected chi connectivity index (χ0v) is 13.4. The number of allylic oxidation sites excluding steroid dienone is 1. The van der Waals surface area contributed by atoms with Gasteiger partial charge in [0.2, 0.25) is 5.91 Å². The Morgan fingerprint density at radius 2 is 2.13 bits per heavy atom. The van der Waals surface area contributed by atoms with Crippen LogP contribution in [0.4, 0.5) is 4.79 Å². The fraction of sp³-hybridized carbons (Fsp3) is 0.444. The van der Waals surface area contributed by atoms with Gasteiger partial charge in [-0.1, -0.05) is 36.4 Å². The maximum atomic E-state index is 12.3. The van der Waals surface area contributed by atoms with E-state index in [0.717, 1.165) is 31.2 Å². The molecule has 1 fully saturated rings. The van der Waals surface area contributed by atoms with Crippen LogP contribution in [0.25, 0.3) is 0 Å². The molecular weight excluding hydrogens is 290 g/mol. The third-order valence-electron chi connectivity index (χ3n) is 4.01. The van der Waals surface area contributed by atoms with Crippen molar-refractivity contribution in [2.24, 2.45) is 0 Å². The number of carbonyl (C=O) groups is 2. The molecule has 3 N–H and O–H groups in total. The van der Waals surface area contributed by atoms with Crippen LogP contribution in [0.1, 0.15) is 43.7 Å². The van der Waals surface area contributed by atoms with Crippen LogP contribution >= 0.6 is 0 Å². The third-order valence-corrected chi connectivity index (χ3v) is 4.01. The molecule has 0 aliphatic carbocycles. The Balaban J connectivity index is 1.96. The lowest BCUT2D eigenvalue weighted by atomic mass is 10.0. The molecule has 0 aromatic heterocycles. The van der Waals surface area contributed by atoms with Crippen LogP contribution in [0, 0.1) is 0 Å². The summed E-state index contributed by atoms with van der Waals surface area (Å²) in [7, 11) is 0. The second kappa shape index (κ2) is 8.98. The van der Waals surface area contributed by atoms with Gasteiger partial charge < -0.3 is 16.0 Å². The summed E-state index contributed by atoms with van der Waals surface area (Å²) >= 11 is 0. The Morgan fingerprint density at radius 3 is 2.87 bits per heavy atom. The van der Waals surface area contributed by atoms with Gasteiger partial charge in [-0.3, -0.25) is 4.79 Å². The SMILES string of the molecule is C=CCC[C@@H](NC(=O)N[C@H]1CCCCNC1=O)c1ccccc1. The van der Waals surface area contributed by atoms with Crippen molar-refractivity contribution in [3.63, 3.8) is 0 Å². The number of carbonyl (C=O) groups excluding carboxylic acids is 2. The zero-order valence-electron chi connectivity index (χ0n) is 13.4. The lowest BCUT2D eigenvalue weighted by molar-refractivity contribution is -0.122. The molecular formula is C18H25N3O2. The molecule has 0 bridgehead atoms. The average molecular weight is 315 g/mol. The molecule has 2 rings (SSSR count). The lowest BCUT2D eigenvalue weighted by Gasteiger charge is -2.21. The normalized spacial score (nSPS) is 19.1. The number of hydrogen-bond acceptors (Lipinski definition) is 2. The van der Waals surface area contributed by atoms with Gasteiger partial charge in [0.25, 0.3) is 0 Å². The van der Waals surface area contributed by atoms with Gasteiger partial charge in [-0.15, -0.1) is 6.58 Å². The molecule has 0 spiro atoms. The van der Waals surface area contributed by atoms with Gasteiger partial charge in [-0.2, -0.15) is 0 Å². The van der Waals surface area contributed by atoms with E-state index in [1.165, 1.54) is 0 Å². The highest BCUT2D eigenvalue weighted by Gasteiger charge is 2.23. The fourth-order valence-electron chi connectivity index (χ4n) is 2.73. The minimum Gasteiger partial charge on any atom is -0.354 e. The Hall–Kier alpha value is -2.30. The van der Waals surface area contributed by atoms with Crippen molar-refractivity contribution in [1.29, 1.82) is 0 Å². The van der Waals surface area contributed by atoms with Crippen molar-refractivity contribution in [1.82, 2.24) is 16.0 Å². The van der Waals surface area contributed by atoms with Crippen LogP contribution in [-0.4, -0.2) is 24.5 Å². The molecule has 0 unspecified atom stereocenters. The molecule has 1 saturated heterocycles. The van der Waals surface area contributed by atoms with Gasteiger partial charge in [-0.25, -0.2) is 4.79 Å². The smallest absolute Gasteiger partial charge is 0.315 e. The quantitative estimate of drug-likeness (QED) is 0.706. The molecule has 1 heterocycles. The summed E-state index contributed by atoms with van der Waals surface area (Å²) in [6, 6.07) is 8.99. The molecule has 1 aliphatic rings. The number of hydrogen-bond donors (Lipinski definition) is 3. The van der Waals surface area contributed by atoms with Crippen molar-refractivity contribution >= 4 is 11.9 Å². The molecule has 1 aromatic carbocycles. The second-order valence-corrected chi connectivity index (χ2v) is 5.79. The molecule has 1 aliphatic heterocycles. The largest absolute Gasteiger partial charge is 0.354 e. The summed E-state index contributed by atoms with van der Waals surface area (Å²) in [5.74, 6) is -0.0972. The van der Waals surface area contributed by atoms with Crippen molar-refractivity contribution in [3.8, 4) is 0 Å². The molecule has 124 valence electrons. The molecule has 0 saturated carbocycles. The van der Waals surface area contributed by atoms with Gasteiger partial charge in [0.15, 0.2) is 0 Å². The summed E-state index contributed by atoms with van der Waals surface area (Å²) in [5, 5.41) is 8.60. The Kier molecular flexibility index (Phi) is 6.66. The first-order valence-corrected chi connectivity index (χ1v) is 8.21. The van der Waals surface area contributed by atoms with E-state index in [0.29, 0.717) is 13.0 Å². The molecule has 5 nitrogen and oxygen atoms in total. The van der Waals surface area contributed by atoms with Crippen LogP contribution in [0.5, 0.6) is 0 Å². The first kappa shape index (κ1) is 17.1. The average Bonchev–Trinajstić information content (AvgIpc) is 2.77. The van der Waals surface area contributed by atoms with Gasteiger partial charge in [0, 0.05) is 6.54 Å². The van der Waals surface area contributed by atoms with Crippen molar-refractivity contribution in [3.05, 3.63) is 48.6 Å². The van der Waals surface area contributed by atoms with Crippen LogP contribution < -0.4 is 16.0 Å². The number of amides is 3. The van der Waals surface area contributed by atoms with E-state index in [-0.39, 0.29) is 18.0 Å². The maximum Gasteiger partial charge on any atom is 0.315 e. The highest BCUT2D eigenvalue weighted by Crippen LogP contribution is 2.18. The summed E-state index contributed by atoms with van der Waals surface area (Å²) < 4.78 is 0. The molecule has 0 radical (unpaired) electrons. The van der Waals surface area contributed by atoms with E-state index in [2.05, 4.69) is 22.5 Å². The Morgan fingerprint density at radius 1 is 1.35 bits per heavy atom. The summed E-state index contributed by atoms with van der Waals surface area (Å²) in [5.41, 5.74) is 1.05. The van der Waals surface area contributed by atoms with E-state index < -0.39 is 6.04 Å². The summed E-state index contributed by atoms with van der Waals surface area (Å²) in [4.78, 5) is 24.2. The van der Waals surface area contributed by atoms with E-state index in [4.69, 9.17) is 0 Å². The predicted molar refractivity (Wildman–Crippen MR) is 90.9 cm³/mol. The molecule has 3 amide bonds. The monoisotopic (exact) mass is 315 g/mol. The second-order valence-electron chi connectivity index (χ2n) is 5.79. The van der Waals surface area contributed by atoms with Crippen LogP contribution in [-0.2, 0) is 4.79 Å². The van der Waals surface area contributed by atoms with Crippen molar-refractivity contribution < 1.29 is 9.59 Å². The third kappa shape index (κ3) is 5.43. The van der Waals surface area contributed by atoms with Crippen LogP contribution in [0.15, 0.2) is 43.0 Å². The number of nitrogens with one attached hydrogen (secondary N) is 3. The highest BCUT2D eigenvalue weighted by molar-refractivity contribution is 5.87. The molecule has 2 atom stereocenters. The molecule has 1 aromatic rings.